The number of carbonyl (C=O) groups excluding carboxylic acids is 1. The second-order valence-electron chi connectivity index (χ2n) is 5.93. The van der Waals surface area contributed by atoms with Crippen molar-refractivity contribution in [1.82, 2.24) is 15.1 Å². The van der Waals surface area contributed by atoms with Gasteiger partial charge in [0.25, 0.3) is 0 Å². The molecule has 0 aliphatic carbocycles. The Bertz CT molecular complexity index is 841. The van der Waals surface area contributed by atoms with Crippen LogP contribution in [-0.2, 0) is 14.6 Å². The first kappa shape index (κ1) is 17.9. The molecule has 134 valence electrons. The molecule has 1 aliphatic heterocycles. The number of carbonyl (C=O) groups is 1. The van der Waals surface area contributed by atoms with Crippen LogP contribution in [0.25, 0.3) is 11.5 Å². The highest BCUT2D eigenvalue weighted by atomic mass is 35.5. The van der Waals surface area contributed by atoms with Crippen LogP contribution in [0.3, 0.4) is 0 Å². The highest BCUT2D eigenvalue weighted by Crippen LogP contribution is 2.22. The summed E-state index contributed by atoms with van der Waals surface area (Å²) in [5.41, 5.74) is 0.553. The van der Waals surface area contributed by atoms with Crippen LogP contribution < -0.4 is 0 Å². The molecule has 1 aromatic carbocycles. The Kier molecular flexibility index (Phi) is 5.39. The van der Waals surface area contributed by atoms with Crippen LogP contribution >= 0.6 is 11.6 Å². The molecule has 0 N–H and O–H groups in total. The summed E-state index contributed by atoms with van der Waals surface area (Å²) in [4.78, 5) is 13.9. The first-order valence-electron chi connectivity index (χ1n) is 8.06. The molecule has 0 unspecified atom stereocenters. The Morgan fingerprint density at radius 1 is 1.08 bits per heavy atom. The van der Waals surface area contributed by atoms with E-state index in [0.29, 0.717) is 23.7 Å². The molecule has 2 heterocycles. The molecular weight excluding hydrogens is 366 g/mol. The van der Waals surface area contributed by atoms with Crippen molar-refractivity contribution in [2.75, 3.05) is 18.8 Å². The molecule has 1 amide bonds. The molecule has 2 aromatic rings. The lowest BCUT2D eigenvalue weighted by Crippen LogP contribution is -2.36. The molecule has 1 aromatic heterocycles. The molecule has 1 fully saturated rings. The fourth-order valence-electron chi connectivity index (χ4n) is 2.68. The van der Waals surface area contributed by atoms with Gasteiger partial charge in [-0.2, -0.15) is 0 Å². The second-order valence-corrected chi connectivity index (χ2v) is 8.24. The maximum absolute atomic E-state index is 12.4. The van der Waals surface area contributed by atoms with E-state index in [1.807, 2.05) is 0 Å². The van der Waals surface area contributed by atoms with E-state index in [-0.39, 0.29) is 5.89 Å². The zero-order valence-electron chi connectivity index (χ0n) is 13.5. The zero-order valence-corrected chi connectivity index (χ0v) is 15.1. The Labute approximate surface area is 150 Å². The minimum absolute atomic E-state index is 0.0671. The monoisotopic (exact) mass is 383 g/mol. The van der Waals surface area contributed by atoms with E-state index in [4.69, 9.17) is 16.0 Å². The van der Waals surface area contributed by atoms with Crippen molar-refractivity contribution in [3.05, 3.63) is 29.3 Å². The van der Waals surface area contributed by atoms with Crippen molar-refractivity contribution in [3.8, 4) is 11.5 Å². The third-order valence-corrected chi connectivity index (χ3v) is 5.61. The van der Waals surface area contributed by atoms with Gasteiger partial charge in [0.1, 0.15) is 5.75 Å². The van der Waals surface area contributed by atoms with E-state index >= 15 is 0 Å². The van der Waals surface area contributed by atoms with Crippen LogP contribution in [0.15, 0.2) is 33.9 Å². The normalized spacial score (nSPS) is 15.8. The van der Waals surface area contributed by atoms with Crippen LogP contribution in [0, 0.1) is 0 Å². The maximum Gasteiger partial charge on any atom is 0.336 e. The molecule has 0 saturated carbocycles. The predicted molar refractivity (Wildman–Crippen MR) is 91.8 cm³/mol. The summed E-state index contributed by atoms with van der Waals surface area (Å²) in [5.74, 6) is -1.01. The highest BCUT2D eigenvalue weighted by molar-refractivity contribution is 7.91. The Morgan fingerprint density at radius 2 is 1.72 bits per heavy atom. The second kappa shape index (κ2) is 7.53. The van der Waals surface area contributed by atoms with Gasteiger partial charge in [0.15, 0.2) is 0 Å². The number of likely N-dealkylation sites (tertiary alicyclic amines) is 1. The van der Waals surface area contributed by atoms with Gasteiger partial charge in [0, 0.05) is 23.7 Å². The molecule has 0 radical (unpaired) electrons. The summed E-state index contributed by atoms with van der Waals surface area (Å²) in [7, 11) is -3.97. The topological polar surface area (TPSA) is 93.4 Å². The molecule has 0 spiro atoms. The Morgan fingerprint density at radius 3 is 2.36 bits per heavy atom. The van der Waals surface area contributed by atoms with Gasteiger partial charge in [-0.25, -0.2) is 8.42 Å². The molecule has 25 heavy (non-hydrogen) atoms. The van der Waals surface area contributed by atoms with Crippen molar-refractivity contribution >= 4 is 27.3 Å². The van der Waals surface area contributed by atoms with Crippen molar-refractivity contribution in [2.24, 2.45) is 0 Å². The lowest BCUT2D eigenvalue weighted by Gasteiger charge is -2.19. The number of nitrogens with zero attached hydrogens (tertiary/aromatic N) is 3. The number of aromatic nitrogens is 2. The van der Waals surface area contributed by atoms with Gasteiger partial charge in [-0.05, 0) is 37.1 Å². The SMILES string of the molecule is O=C(CS(=O)(=O)c1nnc(-c2ccc(Cl)cc2)o1)N1CCCCCC1. The minimum atomic E-state index is -3.97. The van der Waals surface area contributed by atoms with Gasteiger partial charge in [0.05, 0.1) is 0 Å². The van der Waals surface area contributed by atoms with Crippen molar-refractivity contribution in [1.29, 1.82) is 0 Å². The van der Waals surface area contributed by atoms with Gasteiger partial charge in [-0.1, -0.05) is 29.5 Å². The van der Waals surface area contributed by atoms with Gasteiger partial charge >= 0.3 is 5.22 Å². The lowest BCUT2D eigenvalue weighted by molar-refractivity contribution is -0.128. The number of sulfone groups is 1. The smallest absolute Gasteiger partial charge is 0.336 e. The van der Waals surface area contributed by atoms with Gasteiger partial charge in [0.2, 0.25) is 21.6 Å². The third-order valence-electron chi connectivity index (χ3n) is 4.04. The average molecular weight is 384 g/mol. The average Bonchev–Trinajstić information content (AvgIpc) is 2.92. The predicted octanol–water partition coefficient (Wildman–Crippen LogP) is 2.57. The fraction of sp³-hybridized carbons (Fsp3) is 0.438. The van der Waals surface area contributed by atoms with E-state index in [9.17, 15) is 13.2 Å². The van der Waals surface area contributed by atoms with Gasteiger partial charge < -0.3 is 9.32 Å². The number of halogens is 1. The largest absolute Gasteiger partial charge is 0.408 e. The van der Waals surface area contributed by atoms with E-state index in [1.165, 1.54) is 0 Å². The first-order valence-corrected chi connectivity index (χ1v) is 10.1. The summed E-state index contributed by atoms with van der Waals surface area (Å²) in [6.07, 6.45) is 3.91. The Balaban J connectivity index is 1.74. The molecule has 9 heteroatoms. The number of rotatable bonds is 4. The minimum Gasteiger partial charge on any atom is -0.408 e. The van der Waals surface area contributed by atoms with E-state index in [2.05, 4.69) is 10.2 Å². The van der Waals surface area contributed by atoms with Gasteiger partial charge in [-0.3, -0.25) is 4.79 Å². The fourth-order valence-corrected chi connectivity index (χ4v) is 3.81. The molecule has 1 aliphatic rings. The summed E-state index contributed by atoms with van der Waals surface area (Å²) in [6.45, 7) is 1.18. The first-order chi connectivity index (χ1) is 12.0. The van der Waals surface area contributed by atoms with Crippen LogP contribution in [0.2, 0.25) is 5.02 Å². The molecular formula is C16H18ClN3O4S. The van der Waals surface area contributed by atoms with Crippen LogP contribution in [0.4, 0.5) is 0 Å². The van der Waals surface area contributed by atoms with E-state index in [0.717, 1.165) is 25.7 Å². The maximum atomic E-state index is 12.4. The highest BCUT2D eigenvalue weighted by Gasteiger charge is 2.29. The summed E-state index contributed by atoms with van der Waals surface area (Å²) in [6, 6.07) is 6.57. The molecule has 0 bridgehead atoms. The molecule has 3 rings (SSSR count). The number of amides is 1. The van der Waals surface area contributed by atoms with Crippen molar-refractivity contribution in [3.63, 3.8) is 0 Å². The molecule has 0 atom stereocenters. The summed E-state index contributed by atoms with van der Waals surface area (Å²) in [5, 5.41) is 7.35. The molecule has 1 saturated heterocycles. The zero-order chi connectivity index (χ0) is 17.9. The van der Waals surface area contributed by atoms with Crippen LogP contribution in [0.5, 0.6) is 0 Å². The number of hydrogen-bond donors (Lipinski definition) is 0. The van der Waals surface area contributed by atoms with Crippen molar-refractivity contribution < 1.29 is 17.6 Å². The lowest BCUT2D eigenvalue weighted by atomic mass is 10.2. The number of benzene rings is 1. The van der Waals surface area contributed by atoms with Crippen molar-refractivity contribution in [2.45, 2.75) is 30.9 Å². The Hall–Kier alpha value is -1.93. The quantitative estimate of drug-likeness (QED) is 0.805. The third kappa shape index (κ3) is 4.38. The van der Waals surface area contributed by atoms with Gasteiger partial charge in [-0.15, -0.1) is 5.10 Å². The van der Waals surface area contributed by atoms with Crippen LogP contribution in [-0.4, -0.2) is 48.3 Å². The van der Waals surface area contributed by atoms with Crippen LogP contribution in [0.1, 0.15) is 25.7 Å². The summed E-state index contributed by atoms with van der Waals surface area (Å²) >= 11 is 5.81. The molecule has 7 nitrogen and oxygen atoms in total. The van der Waals surface area contributed by atoms with E-state index < -0.39 is 26.7 Å². The van der Waals surface area contributed by atoms with E-state index in [1.54, 1.807) is 29.2 Å². The number of hydrogen-bond acceptors (Lipinski definition) is 6. The standard InChI is InChI=1S/C16H18ClN3O4S/c17-13-7-5-12(6-8-13)15-18-19-16(24-15)25(22,23)11-14(21)20-9-3-1-2-4-10-20/h5-8H,1-4,9-11H2. The summed E-state index contributed by atoms with van der Waals surface area (Å²) < 4.78 is 30.1.